The van der Waals surface area contributed by atoms with Gasteiger partial charge >= 0.3 is 0 Å². The molecule has 9 heavy (non-hydrogen) atoms. The first-order chi connectivity index (χ1) is 4.34. The van der Waals surface area contributed by atoms with Crippen molar-refractivity contribution in [3.63, 3.8) is 0 Å². The second-order valence-corrected chi connectivity index (χ2v) is 2.47. The predicted octanol–water partition coefficient (Wildman–Crippen LogP) is -0.658. The van der Waals surface area contributed by atoms with Crippen LogP contribution in [0.1, 0.15) is 6.42 Å². The van der Waals surface area contributed by atoms with Crippen molar-refractivity contribution in [1.29, 1.82) is 0 Å². The third-order valence-corrected chi connectivity index (χ3v) is 1.78. The number of rotatable bonds is 2. The second-order valence-electron chi connectivity index (χ2n) is 2.47. The zero-order valence-corrected chi connectivity index (χ0v) is 5.42. The molecule has 1 aliphatic heterocycles. The van der Waals surface area contributed by atoms with Gasteiger partial charge in [-0.05, 0) is 6.42 Å². The average Bonchev–Trinajstić information content (AvgIpc) is 2.37. The number of hydrogen-bond donors (Lipinski definition) is 2. The Labute approximate surface area is 54.8 Å². The van der Waals surface area contributed by atoms with Gasteiger partial charge < -0.3 is 15.6 Å². The van der Waals surface area contributed by atoms with Crippen LogP contribution in [0.4, 0.5) is 0 Å². The van der Waals surface area contributed by atoms with Gasteiger partial charge in [0.05, 0.1) is 13.2 Å². The van der Waals surface area contributed by atoms with Crippen molar-refractivity contribution in [1.82, 2.24) is 0 Å². The minimum absolute atomic E-state index is 0.0764. The van der Waals surface area contributed by atoms with E-state index in [-0.39, 0.29) is 12.6 Å². The number of ether oxygens (including phenoxy) is 1. The lowest BCUT2D eigenvalue weighted by Gasteiger charge is -2.13. The van der Waals surface area contributed by atoms with Crippen LogP contribution in [0.25, 0.3) is 0 Å². The normalized spacial score (nSPS) is 30.7. The van der Waals surface area contributed by atoms with Gasteiger partial charge in [0.15, 0.2) is 0 Å². The first kappa shape index (κ1) is 6.99. The fourth-order valence-electron chi connectivity index (χ4n) is 1.04. The lowest BCUT2D eigenvalue weighted by molar-refractivity contribution is 0.166. The Morgan fingerprint density at radius 2 is 2.56 bits per heavy atom. The molecule has 1 saturated heterocycles. The van der Waals surface area contributed by atoms with E-state index in [1.807, 2.05) is 0 Å². The maximum Gasteiger partial charge on any atom is 0.0586 e. The molecule has 0 saturated carbocycles. The van der Waals surface area contributed by atoms with Crippen LogP contribution in [0, 0.1) is 5.92 Å². The Bertz CT molecular complexity index is 81.1. The van der Waals surface area contributed by atoms with E-state index in [2.05, 4.69) is 0 Å². The van der Waals surface area contributed by atoms with Crippen LogP contribution in [0.2, 0.25) is 0 Å². The molecule has 3 heteroatoms. The van der Waals surface area contributed by atoms with Crippen LogP contribution in [0.5, 0.6) is 0 Å². The Balaban J connectivity index is 2.24. The van der Waals surface area contributed by atoms with Crippen LogP contribution < -0.4 is 5.73 Å². The minimum atomic E-state index is -0.0764. The van der Waals surface area contributed by atoms with Crippen LogP contribution in [0.3, 0.4) is 0 Å². The van der Waals surface area contributed by atoms with E-state index in [0.29, 0.717) is 5.92 Å². The number of hydrogen-bond acceptors (Lipinski definition) is 3. The summed E-state index contributed by atoms with van der Waals surface area (Å²) in [5.41, 5.74) is 5.55. The summed E-state index contributed by atoms with van der Waals surface area (Å²) in [5.74, 6) is 0.384. The van der Waals surface area contributed by atoms with Crippen molar-refractivity contribution in [2.24, 2.45) is 11.7 Å². The summed E-state index contributed by atoms with van der Waals surface area (Å²) in [6, 6.07) is -0.0764. The highest BCUT2D eigenvalue weighted by Gasteiger charge is 2.21. The third-order valence-electron chi connectivity index (χ3n) is 1.78. The van der Waals surface area contributed by atoms with Crippen LogP contribution in [0.15, 0.2) is 0 Å². The lowest BCUT2D eigenvalue weighted by Crippen LogP contribution is -2.33. The highest BCUT2D eigenvalue weighted by Crippen LogP contribution is 2.14. The van der Waals surface area contributed by atoms with Crippen LogP contribution in [-0.4, -0.2) is 31.0 Å². The predicted molar refractivity (Wildman–Crippen MR) is 34.0 cm³/mol. The molecular weight excluding hydrogens is 118 g/mol. The smallest absolute Gasteiger partial charge is 0.0586 e. The molecule has 2 atom stereocenters. The molecular formula is C6H13NO2. The van der Waals surface area contributed by atoms with Crippen LogP contribution >= 0.6 is 0 Å². The zero-order valence-electron chi connectivity index (χ0n) is 5.42. The van der Waals surface area contributed by atoms with E-state index >= 15 is 0 Å². The van der Waals surface area contributed by atoms with Crippen LogP contribution in [-0.2, 0) is 4.74 Å². The zero-order chi connectivity index (χ0) is 6.69. The van der Waals surface area contributed by atoms with E-state index < -0.39 is 0 Å². The van der Waals surface area contributed by atoms with E-state index in [1.165, 1.54) is 0 Å². The Hall–Kier alpha value is -0.120. The van der Waals surface area contributed by atoms with Gasteiger partial charge in [-0.2, -0.15) is 0 Å². The highest BCUT2D eigenvalue weighted by molar-refractivity contribution is 4.74. The molecule has 1 fully saturated rings. The molecule has 54 valence electrons. The first-order valence-electron chi connectivity index (χ1n) is 3.28. The summed E-state index contributed by atoms with van der Waals surface area (Å²) in [7, 11) is 0. The van der Waals surface area contributed by atoms with Gasteiger partial charge in [0, 0.05) is 18.6 Å². The minimum Gasteiger partial charge on any atom is -0.395 e. The van der Waals surface area contributed by atoms with Crippen molar-refractivity contribution in [3.8, 4) is 0 Å². The average molecular weight is 131 g/mol. The fraction of sp³-hybridized carbons (Fsp3) is 1.00. The first-order valence-corrected chi connectivity index (χ1v) is 3.28. The molecule has 0 aromatic rings. The summed E-state index contributed by atoms with van der Waals surface area (Å²) in [6.45, 7) is 1.61. The topological polar surface area (TPSA) is 55.5 Å². The van der Waals surface area contributed by atoms with Gasteiger partial charge in [0.25, 0.3) is 0 Å². The van der Waals surface area contributed by atoms with E-state index in [9.17, 15) is 0 Å². The molecule has 0 bridgehead atoms. The Kier molecular flexibility index (Phi) is 2.45. The maximum absolute atomic E-state index is 8.61. The van der Waals surface area contributed by atoms with E-state index in [1.54, 1.807) is 0 Å². The molecule has 0 amide bonds. The van der Waals surface area contributed by atoms with Gasteiger partial charge in [-0.3, -0.25) is 0 Å². The molecule has 3 nitrogen and oxygen atoms in total. The molecule has 1 unspecified atom stereocenters. The van der Waals surface area contributed by atoms with Crippen molar-refractivity contribution < 1.29 is 9.84 Å². The SMILES string of the molecule is N[C@H](CO)C1CCOC1. The van der Waals surface area contributed by atoms with Gasteiger partial charge in [-0.25, -0.2) is 0 Å². The molecule has 0 radical (unpaired) electrons. The van der Waals surface area contributed by atoms with Crippen molar-refractivity contribution in [3.05, 3.63) is 0 Å². The molecule has 0 aliphatic carbocycles. The number of aliphatic hydroxyl groups excluding tert-OH is 1. The molecule has 1 heterocycles. The lowest BCUT2D eigenvalue weighted by atomic mass is 10.0. The van der Waals surface area contributed by atoms with E-state index in [0.717, 1.165) is 19.6 Å². The van der Waals surface area contributed by atoms with E-state index in [4.69, 9.17) is 15.6 Å². The largest absolute Gasteiger partial charge is 0.395 e. The van der Waals surface area contributed by atoms with Gasteiger partial charge in [-0.15, -0.1) is 0 Å². The third kappa shape index (κ3) is 1.64. The molecule has 3 N–H and O–H groups in total. The molecule has 1 aliphatic rings. The summed E-state index contributed by atoms with van der Waals surface area (Å²) < 4.78 is 5.09. The molecule has 0 aromatic carbocycles. The molecule has 1 rings (SSSR count). The van der Waals surface area contributed by atoms with Crippen molar-refractivity contribution in [2.45, 2.75) is 12.5 Å². The van der Waals surface area contributed by atoms with Crippen molar-refractivity contribution in [2.75, 3.05) is 19.8 Å². The maximum atomic E-state index is 8.61. The fourth-order valence-corrected chi connectivity index (χ4v) is 1.04. The standard InChI is InChI=1S/C6H13NO2/c7-6(3-8)5-1-2-9-4-5/h5-6,8H,1-4,7H2/t5?,6-/m1/s1. The van der Waals surface area contributed by atoms with Gasteiger partial charge in [0.2, 0.25) is 0 Å². The van der Waals surface area contributed by atoms with Crippen molar-refractivity contribution >= 4 is 0 Å². The number of nitrogens with two attached hydrogens (primary N) is 1. The van der Waals surface area contributed by atoms with Gasteiger partial charge in [-0.1, -0.05) is 0 Å². The molecule has 0 spiro atoms. The second kappa shape index (κ2) is 3.15. The highest BCUT2D eigenvalue weighted by atomic mass is 16.5. The quantitative estimate of drug-likeness (QED) is 0.523. The Morgan fingerprint density at radius 1 is 1.78 bits per heavy atom. The summed E-state index contributed by atoms with van der Waals surface area (Å²) >= 11 is 0. The Morgan fingerprint density at radius 3 is 3.00 bits per heavy atom. The monoisotopic (exact) mass is 131 g/mol. The summed E-state index contributed by atoms with van der Waals surface area (Å²) in [5, 5.41) is 8.61. The van der Waals surface area contributed by atoms with Gasteiger partial charge in [0.1, 0.15) is 0 Å². The number of aliphatic hydroxyl groups is 1. The summed E-state index contributed by atoms with van der Waals surface area (Å²) in [4.78, 5) is 0. The summed E-state index contributed by atoms with van der Waals surface area (Å²) in [6.07, 6.45) is 1.00. The molecule has 0 aromatic heterocycles.